The molecule has 25 nitrogen and oxygen atoms in total. The Balaban J connectivity index is 0.000000384. The molecule has 2 saturated heterocycles. The number of halogens is 2. The summed E-state index contributed by atoms with van der Waals surface area (Å²) in [5.74, 6) is 4.81. The smallest absolute Gasteiger partial charge is 1.00 e. The van der Waals surface area contributed by atoms with Crippen LogP contribution in [-0.4, -0.2) is 121 Å². The van der Waals surface area contributed by atoms with Gasteiger partial charge in [0.2, 0.25) is 11.8 Å². The Morgan fingerprint density at radius 2 is 1.16 bits per heavy atom. The van der Waals surface area contributed by atoms with Crippen molar-refractivity contribution in [1.82, 2.24) is 63.9 Å². The number of nitrogens with zero attached hydrogens (tertiary/aromatic N) is 11. The van der Waals surface area contributed by atoms with Crippen molar-refractivity contribution in [2.45, 2.75) is 153 Å². The predicted molar refractivity (Wildman–Crippen MR) is 340 cm³/mol. The van der Waals surface area contributed by atoms with E-state index in [0.717, 1.165) is 37.0 Å². The zero-order valence-corrected chi connectivity index (χ0v) is 64.4. The molecule has 4 saturated carbocycles. The number of nitrogens with one attached hydrogen (secondary N) is 3. The third-order valence-electron chi connectivity index (χ3n) is 16.8. The molecule has 0 unspecified atom stereocenters. The normalized spacial score (nSPS) is 22.8. The number of hydrogen-bond donors (Lipinski definition) is 3. The van der Waals surface area contributed by atoms with Crippen molar-refractivity contribution in [3.8, 4) is 23.4 Å². The van der Waals surface area contributed by atoms with Crippen molar-refractivity contribution in [2.24, 2.45) is 49.6 Å². The van der Waals surface area contributed by atoms with Crippen LogP contribution in [0.15, 0.2) is 71.0 Å². The van der Waals surface area contributed by atoms with Gasteiger partial charge in [-0.3, -0.25) is 23.7 Å². The van der Waals surface area contributed by atoms with Gasteiger partial charge in [-0.25, -0.2) is 45.6 Å². The fourth-order valence-electron chi connectivity index (χ4n) is 13.2. The largest absolute Gasteiger partial charge is 1.00 e. The fraction of sp³-hybridized carbons (Fsp3) is 0.561. The number of anilines is 1. The summed E-state index contributed by atoms with van der Waals surface area (Å²) in [6, 6.07) is 9.86. The summed E-state index contributed by atoms with van der Waals surface area (Å²) in [7, 11) is -5.02. The van der Waals surface area contributed by atoms with Crippen molar-refractivity contribution in [3.63, 3.8) is 0 Å². The van der Waals surface area contributed by atoms with Crippen LogP contribution >= 0.6 is 51.0 Å². The summed E-state index contributed by atoms with van der Waals surface area (Å²) in [4.78, 5) is 48.4. The molecule has 4 bridgehead atoms. The van der Waals surface area contributed by atoms with Crippen LogP contribution in [0.1, 0.15) is 139 Å². The molecule has 0 radical (unpaired) electrons. The van der Waals surface area contributed by atoms with Crippen LogP contribution in [0.25, 0.3) is 11.6 Å². The van der Waals surface area contributed by atoms with Crippen LogP contribution in [0.4, 0.5) is 5.82 Å². The quantitative estimate of drug-likeness (QED) is 0.0448. The summed E-state index contributed by atoms with van der Waals surface area (Å²) in [5, 5.41) is 28.9. The number of ether oxygens (including phenoxy) is 2. The number of carbonyl (C=O) groups is 3. The number of pyridine rings is 2. The van der Waals surface area contributed by atoms with Crippen LogP contribution in [0.2, 0.25) is 5.15 Å². The molecular formula is C57H82Cl2K2N14O11S4. The van der Waals surface area contributed by atoms with E-state index in [2.05, 4.69) is 86.7 Å². The number of carbonyl (C=O) groups excluding carboxylic acids is 3. The summed E-state index contributed by atoms with van der Waals surface area (Å²) in [6.45, 7) is 18.0. The molecule has 6 aliphatic rings. The number of rotatable bonds is 14. The van der Waals surface area contributed by atoms with Gasteiger partial charge in [0.15, 0.2) is 11.6 Å². The number of hydrogen-bond acceptors (Lipinski definition) is 19. The van der Waals surface area contributed by atoms with Crippen molar-refractivity contribution in [2.75, 3.05) is 18.0 Å². The van der Waals surface area contributed by atoms with Gasteiger partial charge in [-0.1, -0.05) is 25.4 Å². The molecule has 8 heterocycles. The SMILES string of the molecule is C[C@@H]1CNC(C)(C)C1.Cc1nn(C)cc1S(=O)(=O)NC(=O)c1ccc(-n2ccc(O[C@H]3C[C@@H]4CC[C@@H]3C4)n2)nc1Cl.Cc1nn(C)cc1S(=O)(=O)NC(=O)c1ccc(-n2ccc(O[C@H]3C[C@@H]4CC[C@@H]3C4)n2)nc1N1C[C@@H](C)CC1(C)C.Cl.O=CO[O-].S.S.[H-].[K+].[K+]. The molecule has 3 N–H and O–H groups in total. The molecule has 2 aliphatic heterocycles. The molecule has 6 fully saturated rings. The van der Waals surface area contributed by atoms with E-state index in [-0.39, 0.29) is 200 Å². The third kappa shape index (κ3) is 19.5. The first-order valence-electron chi connectivity index (χ1n) is 28.6. The molecule has 12 rings (SSSR count). The Labute approximate surface area is 638 Å². The molecule has 6 aromatic heterocycles. The van der Waals surface area contributed by atoms with Gasteiger partial charge in [0.25, 0.3) is 38.3 Å². The minimum absolute atomic E-state index is 0. The number of aromatic nitrogens is 10. The molecule has 33 heteroatoms. The van der Waals surface area contributed by atoms with Gasteiger partial charge in [-0.15, -0.1) is 22.6 Å². The molecular weight excluding hydrogens is 1330 g/mol. The maximum Gasteiger partial charge on any atom is 1.00 e. The van der Waals surface area contributed by atoms with Crippen LogP contribution in [0, 0.1) is 49.4 Å². The van der Waals surface area contributed by atoms with E-state index in [0.29, 0.717) is 64.7 Å². The topological polar surface area (TPSA) is 307 Å². The Kier molecular flexibility index (Phi) is 29.5. The van der Waals surface area contributed by atoms with Crippen molar-refractivity contribution >= 4 is 95.2 Å². The summed E-state index contributed by atoms with van der Waals surface area (Å²) < 4.78 is 73.8. The van der Waals surface area contributed by atoms with E-state index in [9.17, 15) is 26.4 Å². The first kappa shape index (κ1) is 79.8. The first-order valence-corrected chi connectivity index (χ1v) is 32.0. The average Bonchev–Trinajstić information content (AvgIpc) is 1.84. The summed E-state index contributed by atoms with van der Waals surface area (Å²) in [5.41, 5.74) is 0.837. The van der Waals surface area contributed by atoms with Crippen LogP contribution in [0.5, 0.6) is 11.8 Å². The van der Waals surface area contributed by atoms with Gasteiger partial charge in [0.05, 0.1) is 22.5 Å². The number of fused-ring (bicyclic) bond motifs is 4. The molecule has 0 aromatic carbocycles. The van der Waals surface area contributed by atoms with Gasteiger partial charge >= 0.3 is 103 Å². The second-order valence-corrected chi connectivity index (χ2v) is 28.4. The van der Waals surface area contributed by atoms with Crippen LogP contribution in [0.3, 0.4) is 0 Å². The van der Waals surface area contributed by atoms with Gasteiger partial charge in [-0.2, -0.15) is 37.2 Å². The monoisotopic (exact) mass is 1410 g/mol. The van der Waals surface area contributed by atoms with E-state index in [1.54, 1.807) is 57.0 Å². The molecule has 0 spiro atoms. The van der Waals surface area contributed by atoms with E-state index in [1.807, 2.05) is 17.0 Å². The maximum atomic E-state index is 13.5. The Hall–Kier alpha value is -2.68. The fourth-order valence-corrected chi connectivity index (χ4v) is 15.8. The molecule has 2 amide bonds. The van der Waals surface area contributed by atoms with Crippen molar-refractivity contribution in [3.05, 3.63) is 88.9 Å². The molecule has 8 atom stereocenters. The zero-order valence-electron chi connectivity index (χ0n) is 54.0. The number of amides is 2. The van der Waals surface area contributed by atoms with Gasteiger partial charge in [-0.05, 0) is 172 Å². The average molecular weight is 1420 g/mol. The first-order chi connectivity index (χ1) is 40.1. The number of sulfonamides is 2. The van der Waals surface area contributed by atoms with Crippen LogP contribution in [-0.2, 0) is 43.8 Å². The molecule has 90 heavy (non-hydrogen) atoms. The number of aryl methyl sites for hydroxylation is 4. The summed E-state index contributed by atoms with van der Waals surface area (Å²) in [6.07, 6.45) is 18.6. The summed E-state index contributed by atoms with van der Waals surface area (Å²) >= 11 is 6.22. The Bertz CT molecular complexity index is 3670. The maximum absolute atomic E-state index is 13.5. The Morgan fingerprint density at radius 1 is 0.700 bits per heavy atom. The minimum Gasteiger partial charge on any atom is -1.00 e. The Morgan fingerprint density at radius 3 is 1.50 bits per heavy atom. The molecule has 486 valence electrons. The molecule has 6 aromatic rings. The van der Waals surface area contributed by atoms with Gasteiger partial charge in [0.1, 0.15) is 33.0 Å². The predicted octanol–water partition coefficient (Wildman–Crippen LogP) is 0.866. The third-order valence-corrected chi connectivity index (χ3v) is 20.0. The van der Waals surface area contributed by atoms with Crippen molar-refractivity contribution in [1.29, 1.82) is 0 Å². The van der Waals surface area contributed by atoms with E-state index in [1.165, 1.54) is 90.1 Å². The standard InChI is InChI=1S/C28H37N7O4S.C21H23ClN6O4S.C7H15N.CH2O3.ClH.2K.2H2S.H/c1-17-14-28(3,4)34(15-17)26-21(27(36)32-40(37,38)23-16-33(5)30-18(23)2)8-9-24(29-26)35-11-10-25(31-35)39-22-13-19-6-7-20(22)12-19;1-12-17(11-27(2)24-12)33(30,31)26-21(29)15-5-6-18(23-20(15)22)28-8-7-19(25-28)32-16-10-13-3-4-14(16)9-13;1-6-4-7(2,3)8-5-6;2-1-4-3;;;;;;/h8-11,16-17,19-20,22H,6-7,12-15H2,1-5H3,(H,32,36);5-8,11,13-14,16H,3-4,9-10H2,1-2H3,(H,26,29);6,8H,4-5H2,1-3H3;1,3H;1H;;;2*1H2;/q;;;;;2*+1;;;-1/p-1/t17-,19+,20+,22-;13-,14-,16+;6-;;;;;;;/m010......./s1. The second kappa shape index (κ2) is 33.3. The zero-order chi connectivity index (χ0) is 61.3. The van der Waals surface area contributed by atoms with E-state index >= 15 is 0 Å². The van der Waals surface area contributed by atoms with Gasteiger partial charge < -0.3 is 31.3 Å². The minimum atomic E-state index is -4.13. The van der Waals surface area contributed by atoms with Gasteiger partial charge in [0, 0.05) is 68.6 Å². The second-order valence-electron chi connectivity index (χ2n) is 24.8. The van der Waals surface area contributed by atoms with E-state index < -0.39 is 31.9 Å². The van der Waals surface area contributed by atoms with E-state index in [4.69, 9.17) is 36.1 Å². The van der Waals surface area contributed by atoms with Crippen molar-refractivity contribution < 1.29 is 155 Å². The van der Waals surface area contributed by atoms with Crippen LogP contribution < -0.4 is 137 Å². The molecule has 4 aliphatic carbocycles.